The second-order valence-electron chi connectivity index (χ2n) is 26.1. The van der Waals surface area contributed by atoms with Crippen molar-refractivity contribution < 1.29 is 114 Å². The third-order valence-corrected chi connectivity index (χ3v) is 21.3. The highest BCUT2D eigenvalue weighted by Crippen LogP contribution is 2.76. The SMILES string of the molecule is CC1(C)CC2C3=CCC4C5(C)CCC(OC6OC(COC7OC(COC8OCC(O)C(O)C8O)C(O)C(O)C7O)C(O)C(O)C6O)C(C)(C)C5CCC4(C)C3(C)CC(O)C2(CO)CC1OC1OC(CO)C(O)C(O)C1O. The van der Waals surface area contributed by atoms with Gasteiger partial charge in [-0.25, -0.2) is 0 Å². The molecule has 9 rings (SSSR count). The summed E-state index contributed by atoms with van der Waals surface area (Å²) >= 11 is 0. The number of allylic oxidation sites excluding steroid dienone is 2. The Labute approximate surface area is 443 Å². The van der Waals surface area contributed by atoms with Crippen LogP contribution < -0.4 is 0 Å². The third-order valence-electron chi connectivity index (χ3n) is 21.3. The van der Waals surface area contributed by atoms with Crippen LogP contribution >= 0.6 is 0 Å². The van der Waals surface area contributed by atoms with Crippen molar-refractivity contribution in [1.82, 2.24) is 0 Å². The lowest BCUT2D eigenvalue weighted by atomic mass is 9.33. The van der Waals surface area contributed by atoms with Crippen LogP contribution in [-0.2, 0) is 37.9 Å². The van der Waals surface area contributed by atoms with Crippen LogP contribution in [0, 0.1) is 50.2 Å². The van der Waals surface area contributed by atoms with E-state index in [1.54, 1.807) is 0 Å². The van der Waals surface area contributed by atoms with Crippen LogP contribution in [0.5, 0.6) is 0 Å². The first kappa shape index (κ1) is 59.4. The first-order chi connectivity index (χ1) is 35.5. The maximum Gasteiger partial charge on any atom is 0.186 e. The minimum atomic E-state index is -1.81. The monoisotopic (exact) mass is 1090 g/mol. The van der Waals surface area contributed by atoms with Crippen LogP contribution in [0.1, 0.15) is 99.8 Å². The minimum absolute atomic E-state index is 0.109. The van der Waals surface area contributed by atoms with Crippen molar-refractivity contribution in [3.63, 3.8) is 0 Å². The lowest BCUT2D eigenvalue weighted by Gasteiger charge is -2.72. The lowest BCUT2D eigenvalue weighted by Crippen LogP contribution is -2.68. The van der Waals surface area contributed by atoms with Crippen molar-refractivity contribution in [3.05, 3.63) is 11.6 Å². The molecule has 29 unspecified atom stereocenters. The molecule has 0 bridgehead atoms. The first-order valence-electron chi connectivity index (χ1n) is 27.4. The van der Waals surface area contributed by atoms with E-state index in [0.29, 0.717) is 19.3 Å². The second-order valence-corrected chi connectivity index (χ2v) is 26.1. The van der Waals surface area contributed by atoms with Crippen LogP contribution in [0.2, 0.25) is 0 Å². The van der Waals surface area contributed by atoms with Gasteiger partial charge in [0, 0.05) is 5.41 Å². The van der Waals surface area contributed by atoms with Crippen LogP contribution in [0.4, 0.5) is 0 Å². The van der Waals surface area contributed by atoms with Crippen molar-refractivity contribution in [2.75, 3.05) is 33.0 Å². The van der Waals surface area contributed by atoms with Gasteiger partial charge in [0.15, 0.2) is 25.2 Å². The molecule has 29 atom stereocenters. The predicted molar refractivity (Wildman–Crippen MR) is 259 cm³/mol. The Hall–Kier alpha value is -1.18. The Morgan fingerprint density at radius 2 is 1.07 bits per heavy atom. The molecule has 0 spiro atoms. The fourth-order valence-electron chi connectivity index (χ4n) is 16.3. The van der Waals surface area contributed by atoms with E-state index in [-0.39, 0.29) is 48.2 Å². The maximum absolute atomic E-state index is 12.6. The molecule has 4 saturated carbocycles. The number of hydrogen-bond acceptors (Lipinski definition) is 23. The van der Waals surface area contributed by atoms with E-state index in [2.05, 4.69) is 40.7 Å². The lowest BCUT2D eigenvalue weighted by molar-refractivity contribution is -0.348. The molecular weight excluding hydrogens is 1000 g/mol. The quantitative estimate of drug-likeness (QED) is 0.0685. The normalized spacial score (nSPS) is 55.1. The van der Waals surface area contributed by atoms with E-state index in [4.69, 9.17) is 37.9 Å². The maximum atomic E-state index is 12.6. The molecule has 438 valence electrons. The van der Waals surface area contributed by atoms with Crippen LogP contribution in [0.25, 0.3) is 0 Å². The van der Waals surface area contributed by atoms with Crippen LogP contribution in [0.3, 0.4) is 0 Å². The molecule has 0 aromatic carbocycles. The van der Waals surface area contributed by atoms with Gasteiger partial charge in [-0.1, -0.05) is 60.1 Å². The zero-order valence-electron chi connectivity index (χ0n) is 44.7. The molecule has 5 aliphatic carbocycles. The Kier molecular flexibility index (Phi) is 16.8. The van der Waals surface area contributed by atoms with E-state index >= 15 is 0 Å². The zero-order chi connectivity index (χ0) is 55.6. The fraction of sp³-hybridized carbons (Fsp3) is 0.962. The number of ether oxygens (including phenoxy) is 8. The Balaban J connectivity index is 0.870. The number of rotatable bonds is 12. The smallest absolute Gasteiger partial charge is 0.186 e. The first-order valence-corrected chi connectivity index (χ1v) is 27.4. The van der Waals surface area contributed by atoms with Gasteiger partial charge < -0.3 is 114 Å². The average molecular weight is 1090 g/mol. The van der Waals surface area contributed by atoms with E-state index in [9.17, 15) is 76.6 Å². The molecule has 0 amide bonds. The summed E-state index contributed by atoms with van der Waals surface area (Å²) in [4.78, 5) is 0. The minimum Gasteiger partial charge on any atom is -0.396 e. The molecular formula is C53H88O23. The van der Waals surface area contributed by atoms with Crippen LogP contribution in [0.15, 0.2) is 11.6 Å². The van der Waals surface area contributed by atoms with E-state index < -0.39 is 177 Å². The summed E-state index contributed by atoms with van der Waals surface area (Å²) in [6.07, 6.45) is -24.2. The average Bonchev–Trinajstić information content (AvgIpc) is 3.37. The summed E-state index contributed by atoms with van der Waals surface area (Å²) in [5.74, 6) is 0.0675. The summed E-state index contributed by atoms with van der Waals surface area (Å²) in [6, 6.07) is 0. The zero-order valence-corrected chi connectivity index (χ0v) is 44.7. The van der Waals surface area contributed by atoms with Gasteiger partial charge in [0.1, 0.15) is 91.6 Å². The van der Waals surface area contributed by atoms with Gasteiger partial charge in [-0.05, 0) is 96.2 Å². The number of aliphatic hydroxyl groups is 15. The molecule has 0 radical (unpaired) electrons. The van der Waals surface area contributed by atoms with Crippen molar-refractivity contribution in [3.8, 4) is 0 Å². The summed E-state index contributed by atoms with van der Waals surface area (Å²) in [6.45, 7) is 13.1. The highest BCUT2D eigenvalue weighted by atomic mass is 16.7. The second kappa shape index (κ2) is 21.5. The van der Waals surface area contributed by atoms with E-state index in [1.165, 1.54) is 5.57 Å². The fourth-order valence-corrected chi connectivity index (χ4v) is 16.3. The Bertz CT molecular complexity index is 2050. The van der Waals surface area contributed by atoms with Crippen molar-refractivity contribution in [1.29, 1.82) is 0 Å². The highest BCUT2D eigenvalue weighted by molar-refractivity contribution is 5.35. The summed E-state index contributed by atoms with van der Waals surface area (Å²) in [7, 11) is 0. The van der Waals surface area contributed by atoms with Gasteiger partial charge in [0.25, 0.3) is 0 Å². The van der Waals surface area contributed by atoms with Gasteiger partial charge in [-0.2, -0.15) is 0 Å². The molecule has 4 aliphatic heterocycles. The van der Waals surface area contributed by atoms with Gasteiger partial charge in [-0.3, -0.25) is 0 Å². The largest absolute Gasteiger partial charge is 0.396 e. The molecule has 23 heteroatoms. The Morgan fingerprint density at radius 3 is 1.66 bits per heavy atom. The molecule has 15 N–H and O–H groups in total. The highest BCUT2D eigenvalue weighted by Gasteiger charge is 2.71. The molecule has 0 aromatic heterocycles. The molecule has 8 fully saturated rings. The number of fused-ring (bicyclic) bond motifs is 7. The summed E-state index contributed by atoms with van der Waals surface area (Å²) in [5, 5.41) is 162. The van der Waals surface area contributed by atoms with Crippen LogP contribution in [-0.4, -0.2) is 245 Å². The molecule has 9 aliphatic rings. The number of hydrogen-bond donors (Lipinski definition) is 15. The van der Waals surface area contributed by atoms with Crippen molar-refractivity contribution in [2.24, 2.45) is 50.2 Å². The van der Waals surface area contributed by atoms with Gasteiger partial charge in [0.2, 0.25) is 0 Å². The standard InChI is InChI=1S/C53H88O23/c1-48(2)14-23-22-8-9-29-50(5)12-11-31(75-47-43(68)39(64)36(61)27(74-47)20-71-45-41(66)38(63)35(60)26(73-45)19-70-44-40(65)33(58)24(56)18-69-44)49(3,4)28(50)10-13-51(29,6)52(22,7)15-30(57)53(23,21-55)16-32(48)76-46-42(67)37(62)34(59)25(17-54)72-46/h8,23-47,54-68H,9-21H2,1-7H3. The molecule has 0 aromatic rings. The summed E-state index contributed by atoms with van der Waals surface area (Å²) < 4.78 is 47.3. The van der Waals surface area contributed by atoms with E-state index in [0.717, 1.165) is 25.7 Å². The van der Waals surface area contributed by atoms with Crippen molar-refractivity contribution >= 4 is 0 Å². The predicted octanol–water partition coefficient (Wildman–Crippen LogP) is -2.98. The number of aliphatic hydroxyl groups excluding tert-OH is 15. The molecule has 4 saturated heterocycles. The van der Waals surface area contributed by atoms with Gasteiger partial charge >= 0.3 is 0 Å². The van der Waals surface area contributed by atoms with Gasteiger partial charge in [-0.15, -0.1) is 0 Å². The molecule has 4 heterocycles. The molecule has 23 nitrogen and oxygen atoms in total. The summed E-state index contributed by atoms with van der Waals surface area (Å²) in [5.41, 5.74) is -1.81. The van der Waals surface area contributed by atoms with Gasteiger partial charge in [0.05, 0.1) is 51.3 Å². The van der Waals surface area contributed by atoms with E-state index in [1.807, 2.05) is 13.8 Å². The molecule has 76 heavy (non-hydrogen) atoms. The third kappa shape index (κ3) is 9.60. The Morgan fingerprint density at radius 1 is 0.539 bits per heavy atom. The van der Waals surface area contributed by atoms with Crippen molar-refractivity contribution in [2.45, 2.75) is 235 Å². The topological polar surface area (TPSA) is 377 Å².